The summed E-state index contributed by atoms with van der Waals surface area (Å²) in [6, 6.07) is 7.55. The summed E-state index contributed by atoms with van der Waals surface area (Å²) in [6.45, 7) is 4.52. The van der Waals surface area contributed by atoms with Crippen molar-refractivity contribution in [2.45, 2.75) is 20.4 Å². The molecular formula is C14H19IN4OS. The van der Waals surface area contributed by atoms with Crippen LogP contribution in [-0.4, -0.2) is 18.1 Å². The van der Waals surface area contributed by atoms with Crippen LogP contribution in [0.15, 0.2) is 29.3 Å². The summed E-state index contributed by atoms with van der Waals surface area (Å²) >= 11 is 1.65. The lowest BCUT2D eigenvalue weighted by molar-refractivity contribution is 0.415. The first-order chi connectivity index (χ1) is 9.58. The molecular weight excluding hydrogens is 399 g/mol. The maximum atomic E-state index is 5.88. The molecule has 0 atom stereocenters. The van der Waals surface area contributed by atoms with Crippen molar-refractivity contribution in [2.75, 3.05) is 12.4 Å². The van der Waals surface area contributed by atoms with E-state index in [1.165, 1.54) is 0 Å². The topological polar surface area (TPSA) is 72.5 Å². The van der Waals surface area contributed by atoms with Gasteiger partial charge in [-0.1, -0.05) is 6.07 Å². The molecule has 5 nitrogen and oxygen atoms in total. The molecule has 0 bridgehead atoms. The first-order valence-electron chi connectivity index (χ1n) is 6.22. The molecule has 7 heteroatoms. The summed E-state index contributed by atoms with van der Waals surface area (Å²) in [5.74, 6) is 1.15. The van der Waals surface area contributed by atoms with E-state index in [0.717, 1.165) is 27.0 Å². The second kappa shape index (κ2) is 8.18. The molecule has 2 rings (SSSR count). The molecule has 0 fully saturated rings. The normalized spacial score (nSPS) is 10.9. The first kappa shape index (κ1) is 17.7. The Morgan fingerprint density at radius 3 is 2.81 bits per heavy atom. The van der Waals surface area contributed by atoms with Crippen molar-refractivity contribution in [1.82, 2.24) is 4.98 Å². The first-order valence-corrected chi connectivity index (χ1v) is 7.04. The van der Waals surface area contributed by atoms with Crippen LogP contribution in [0.25, 0.3) is 0 Å². The number of halogens is 1. The number of guanidine groups is 1. The third-order valence-electron chi connectivity index (χ3n) is 2.73. The zero-order chi connectivity index (χ0) is 14.5. The van der Waals surface area contributed by atoms with E-state index >= 15 is 0 Å². The number of benzene rings is 1. The van der Waals surface area contributed by atoms with Gasteiger partial charge in [-0.25, -0.2) is 9.98 Å². The minimum atomic E-state index is 0. The smallest absolute Gasteiger partial charge is 0.193 e. The van der Waals surface area contributed by atoms with Crippen LogP contribution in [0.2, 0.25) is 0 Å². The van der Waals surface area contributed by atoms with Gasteiger partial charge < -0.3 is 15.8 Å². The highest BCUT2D eigenvalue weighted by molar-refractivity contribution is 14.0. The van der Waals surface area contributed by atoms with E-state index in [2.05, 4.69) is 15.3 Å². The fourth-order valence-corrected chi connectivity index (χ4v) is 2.63. The maximum absolute atomic E-state index is 5.88. The van der Waals surface area contributed by atoms with Gasteiger partial charge in [0, 0.05) is 16.6 Å². The molecule has 114 valence electrons. The van der Waals surface area contributed by atoms with Gasteiger partial charge in [-0.05, 0) is 26.0 Å². The van der Waals surface area contributed by atoms with Gasteiger partial charge in [-0.15, -0.1) is 35.3 Å². The summed E-state index contributed by atoms with van der Waals surface area (Å²) in [6.07, 6.45) is 0. The lowest BCUT2D eigenvalue weighted by Gasteiger charge is -2.07. The number of aliphatic imine (C=N–C) groups is 1. The summed E-state index contributed by atoms with van der Waals surface area (Å²) in [5.41, 5.74) is 7.75. The number of nitrogens with zero attached hydrogens (tertiary/aromatic N) is 2. The molecule has 0 saturated heterocycles. The molecule has 0 unspecified atom stereocenters. The number of hydrogen-bond donors (Lipinski definition) is 2. The van der Waals surface area contributed by atoms with Crippen molar-refractivity contribution in [1.29, 1.82) is 0 Å². The average Bonchev–Trinajstić information content (AvgIpc) is 2.75. The van der Waals surface area contributed by atoms with Crippen molar-refractivity contribution < 1.29 is 4.74 Å². The van der Waals surface area contributed by atoms with Crippen molar-refractivity contribution in [3.8, 4) is 5.75 Å². The lowest BCUT2D eigenvalue weighted by Crippen LogP contribution is -2.22. The molecule has 1 heterocycles. The van der Waals surface area contributed by atoms with Crippen LogP contribution in [0, 0.1) is 13.8 Å². The summed E-state index contributed by atoms with van der Waals surface area (Å²) in [7, 11) is 1.63. The van der Waals surface area contributed by atoms with E-state index in [-0.39, 0.29) is 24.0 Å². The molecule has 21 heavy (non-hydrogen) atoms. The predicted octanol–water partition coefficient (Wildman–Crippen LogP) is 3.31. The molecule has 0 aliphatic rings. The minimum absolute atomic E-state index is 0. The largest absolute Gasteiger partial charge is 0.497 e. The molecule has 2 aromatic rings. The lowest BCUT2D eigenvalue weighted by atomic mass is 10.3. The zero-order valence-electron chi connectivity index (χ0n) is 12.2. The van der Waals surface area contributed by atoms with Crippen molar-refractivity contribution >= 4 is 47.0 Å². The molecule has 0 aliphatic heterocycles. The number of nitrogens with two attached hydrogens (primary N) is 1. The van der Waals surface area contributed by atoms with Crippen LogP contribution in [0.1, 0.15) is 15.6 Å². The van der Waals surface area contributed by atoms with Gasteiger partial charge in [0.25, 0.3) is 0 Å². The summed E-state index contributed by atoms with van der Waals surface area (Å²) in [5, 5.41) is 4.09. The Kier molecular flexibility index (Phi) is 6.90. The van der Waals surface area contributed by atoms with E-state index in [1.807, 2.05) is 38.1 Å². The molecule has 0 spiro atoms. The van der Waals surface area contributed by atoms with E-state index < -0.39 is 0 Å². The van der Waals surface area contributed by atoms with E-state index in [9.17, 15) is 0 Å². The van der Waals surface area contributed by atoms with Crippen LogP contribution in [0.5, 0.6) is 5.75 Å². The summed E-state index contributed by atoms with van der Waals surface area (Å²) in [4.78, 5) is 9.84. The number of nitrogens with one attached hydrogen (secondary N) is 1. The monoisotopic (exact) mass is 418 g/mol. The van der Waals surface area contributed by atoms with E-state index in [0.29, 0.717) is 12.5 Å². The zero-order valence-corrected chi connectivity index (χ0v) is 15.4. The van der Waals surface area contributed by atoms with Gasteiger partial charge in [0.05, 0.1) is 24.4 Å². The second-order valence-corrected chi connectivity index (χ2v) is 5.59. The van der Waals surface area contributed by atoms with E-state index in [1.54, 1.807) is 18.4 Å². The van der Waals surface area contributed by atoms with Gasteiger partial charge in [-0.2, -0.15) is 0 Å². The Hall–Kier alpha value is -1.35. The molecule has 0 aliphatic carbocycles. The maximum Gasteiger partial charge on any atom is 0.193 e. The quantitative estimate of drug-likeness (QED) is 0.454. The standard InChI is InChI=1S/C14H18N4OS.HI/c1-9-13(20-10(2)17-9)8-16-14(15)18-11-5-4-6-12(7-11)19-3;/h4-7H,8H2,1-3H3,(H3,15,16,18);1H. The Morgan fingerprint density at radius 1 is 1.43 bits per heavy atom. The number of aryl methyl sites for hydroxylation is 2. The molecule has 1 aromatic heterocycles. The van der Waals surface area contributed by atoms with Crippen LogP contribution in [0.4, 0.5) is 5.69 Å². The Labute approximate surface area is 145 Å². The second-order valence-electron chi connectivity index (χ2n) is 4.30. The van der Waals surface area contributed by atoms with Crippen molar-refractivity contribution in [2.24, 2.45) is 10.7 Å². The fourth-order valence-electron chi connectivity index (χ4n) is 1.77. The number of rotatable bonds is 4. The van der Waals surface area contributed by atoms with Gasteiger partial charge in [0.15, 0.2) is 5.96 Å². The van der Waals surface area contributed by atoms with Gasteiger partial charge in [0.1, 0.15) is 5.75 Å². The third-order valence-corrected chi connectivity index (χ3v) is 3.79. The highest BCUT2D eigenvalue weighted by Crippen LogP contribution is 2.18. The Bertz CT molecular complexity index is 627. The number of aromatic nitrogens is 1. The average molecular weight is 418 g/mol. The molecule has 3 N–H and O–H groups in total. The highest BCUT2D eigenvalue weighted by Gasteiger charge is 2.04. The van der Waals surface area contributed by atoms with Crippen molar-refractivity contribution in [3.63, 3.8) is 0 Å². The highest BCUT2D eigenvalue weighted by atomic mass is 127. The number of hydrogen-bond acceptors (Lipinski definition) is 4. The van der Waals surface area contributed by atoms with Crippen molar-refractivity contribution in [3.05, 3.63) is 39.8 Å². The summed E-state index contributed by atoms with van der Waals surface area (Å²) < 4.78 is 5.16. The van der Waals surface area contributed by atoms with Gasteiger partial charge in [0.2, 0.25) is 0 Å². The molecule has 0 amide bonds. The number of methoxy groups -OCH3 is 1. The molecule has 1 aromatic carbocycles. The van der Waals surface area contributed by atoms with Crippen LogP contribution in [0.3, 0.4) is 0 Å². The third kappa shape index (κ3) is 5.16. The predicted molar refractivity (Wildman–Crippen MR) is 98.9 cm³/mol. The Morgan fingerprint density at radius 2 is 2.19 bits per heavy atom. The minimum Gasteiger partial charge on any atom is -0.497 e. The van der Waals surface area contributed by atoms with E-state index in [4.69, 9.17) is 10.5 Å². The number of thiazole rings is 1. The van der Waals surface area contributed by atoms with Gasteiger partial charge >= 0.3 is 0 Å². The molecule has 0 saturated carbocycles. The fraction of sp³-hybridized carbons (Fsp3) is 0.286. The molecule has 0 radical (unpaired) electrons. The SMILES string of the molecule is COc1cccc(NC(N)=NCc2sc(C)nc2C)c1.I. The van der Waals surface area contributed by atoms with Crippen LogP contribution < -0.4 is 15.8 Å². The van der Waals surface area contributed by atoms with Crippen LogP contribution in [-0.2, 0) is 6.54 Å². The Balaban J connectivity index is 0.00000220. The van der Waals surface area contributed by atoms with Gasteiger partial charge in [-0.3, -0.25) is 0 Å². The number of anilines is 1. The number of ether oxygens (including phenoxy) is 1. The van der Waals surface area contributed by atoms with Crippen LogP contribution >= 0.6 is 35.3 Å².